The predicted molar refractivity (Wildman–Crippen MR) is 122 cm³/mol. The molecule has 1 unspecified atom stereocenters. The van der Waals surface area contributed by atoms with Crippen molar-refractivity contribution in [3.8, 4) is 11.5 Å². The van der Waals surface area contributed by atoms with E-state index in [0.29, 0.717) is 36.0 Å². The first-order chi connectivity index (χ1) is 15.7. The Labute approximate surface area is 187 Å². The lowest BCUT2D eigenvalue weighted by Crippen LogP contribution is -2.32. The number of ether oxygens (including phenoxy) is 2. The molecule has 1 atom stereocenters. The van der Waals surface area contributed by atoms with Crippen LogP contribution in [0.3, 0.4) is 0 Å². The first kappa shape index (κ1) is 21.5. The lowest BCUT2D eigenvalue weighted by Gasteiger charge is -2.27. The Balaban J connectivity index is 1.36. The first-order valence-corrected chi connectivity index (χ1v) is 10.9. The minimum atomic E-state index is -0.274. The number of carbonyl (C=O) groups excluding carboxylic acids is 1. The number of aromatic amines is 1. The topological polar surface area (TPSA) is 102 Å². The maximum atomic E-state index is 12.5. The number of tetrazole rings is 1. The number of aromatic nitrogens is 4. The van der Waals surface area contributed by atoms with Crippen LogP contribution >= 0.6 is 0 Å². The van der Waals surface area contributed by atoms with Crippen LogP contribution in [0.5, 0.6) is 11.5 Å². The molecule has 0 radical (unpaired) electrons. The van der Waals surface area contributed by atoms with Gasteiger partial charge in [0, 0.05) is 6.08 Å². The summed E-state index contributed by atoms with van der Waals surface area (Å²) in [5, 5.41) is 16.8. The number of para-hydroxylation sites is 1. The number of unbranched alkanes of at least 4 members (excludes halogenated alkanes) is 2. The van der Waals surface area contributed by atoms with Crippen LogP contribution in [-0.4, -0.2) is 39.2 Å². The molecule has 1 aromatic heterocycles. The van der Waals surface area contributed by atoms with Crippen LogP contribution in [0.15, 0.2) is 48.5 Å². The monoisotopic (exact) mass is 433 g/mol. The van der Waals surface area contributed by atoms with Crippen molar-refractivity contribution in [3.05, 3.63) is 65.5 Å². The largest absolute Gasteiger partial charge is 0.486 e. The molecule has 8 heteroatoms. The van der Waals surface area contributed by atoms with Crippen LogP contribution in [0.25, 0.3) is 6.08 Å². The SMILES string of the molecule is CCCCCc1ccc(C=CC(=O)Nc2cccc3c2OC(Cc2nn[nH]n2)CO3)cc1. The third kappa shape index (κ3) is 5.72. The van der Waals surface area contributed by atoms with Crippen LogP contribution in [0.4, 0.5) is 5.69 Å². The molecule has 3 aromatic rings. The molecule has 2 N–H and O–H groups in total. The number of rotatable bonds is 9. The van der Waals surface area contributed by atoms with Gasteiger partial charge in [-0.15, -0.1) is 10.2 Å². The second-order valence-electron chi connectivity index (χ2n) is 7.74. The summed E-state index contributed by atoms with van der Waals surface area (Å²) in [6, 6.07) is 13.7. The van der Waals surface area contributed by atoms with Crippen molar-refractivity contribution in [1.29, 1.82) is 0 Å². The number of aryl methyl sites for hydroxylation is 1. The summed E-state index contributed by atoms with van der Waals surface area (Å²) in [5.74, 6) is 1.40. The number of H-pyrrole nitrogens is 1. The molecule has 1 aliphatic heterocycles. The van der Waals surface area contributed by atoms with Crippen LogP contribution in [0.1, 0.15) is 43.1 Å². The number of fused-ring (bicyclic) bond motifs is 1. The van der Waals surface area contributed by atoms with Gasteiger partial charge >= 0.3 is 0 Å². The number of carbonyl (C=O) groups is 1. The highest BCUT2D eigenvalue weighted by Crippen LogP contribution is 2.39. The van der Waals surface area contributed by atoms with E-state index in [2.05, 4.69) is 45.0 Å². The van der Waals surface area contributed by atoms with Crippen molar-refractivity contribution in [2.24, 2.45) is 0 Å². The van der Waals surface area contributed by atoms with Gasteiger partial charge in [0.15, 0.2) is 17.3 Å². The molecule has 32 heavy (non-hydrogen) atoms. The first-order valence-electron chi connectivity index (χ1n) is 10.9. The molecule has 4 rings (SSSR count). The van der Waals surface area contributed by atoms with Gasteiger partial charge in [0.05, 0.1) is 12.1 Å². The van der Waals surface area contributed by atoms with Crippen molar-refractivity contribution in [2.75, 3.05) is 11.9 Å². The lowest BCUT2D eigenvalue weighted by molar-refractivity contribution is -0.111. The van der Waals surface area contributed by atoms with Gasteiger partial charge in [0.25, 0.3) is 0 Å². The highest BCUT2D eigenvalue weighted by atomic mass is 16.6. The normalized spacial score (nSPS) is 15.1. The third-order valence-electron chi connectivity index (χ3n) is 5.22. The highest BCUT2D eigenvalue weighted by Gasteiger charge is 2.25. The van der Waals surface area contributed by atoms with E-state index in [4.69, 9.17) is 9.47 Å². The Hall–Kier alpha value is -3.68. The lowest BCUT2D eigenvalue weighted by atomic mass is 10.1. The van der Waals surface area contributed by atoms with E-state index in [0.717, 1.165) is 12.0 Å². The van der Waals surface area contributed by atoms with Crippen LogP contribution in [-0.2, 0) is 17.6 Å². The third-order valence-corrected chi connectivity index (χ3v) is 5.22. The molecule has 0 saturated carbocycles. The van der Waals surface area contributed by atoms with Gasteiger partial charge in [-0.3, -0.25) is 4.79 Å². The van der Waals surface area contributed by atoms with Crippen molar-refractivity contribution in [1.82, 2.24) is 20.6 Å². The zero-order chi connectivity index (χ0) is 22.2. The Kier molecular flexibility index (Phi) is 7.12. The van der Waals surface area contributed by atoms with Crippen molar-refractivity contribution < 1.29 is 14.3 Å². The Morgan fingerprint density at radius 1 is 1.22 bits per heavy atom. The smallest absolute Gasteiger partial charge is 0.248 e. The van der Waals surface area contributed by atoms with E-state index < -0.39 is 0 Å². The van der Waals surface area contributed by atoms with E-state index >= 15 is 0 Å². The van der Waals surface area contributed by atoms with E-state index in [-0.39, 0.29) is 12.0 Å². The Morgan fingerprint density at radius 2 is 2.09 bits per heavy atom. The molecule has 0 saturated heterocycles. The summed E-state index contributed by atoms with van der Waals surface area (Å²) in [7, 11) is 0. The number of nitrogens with zero attached hydrogens (tertiary/aromatic N) is 3. The van der Waals surface area contributed by atoms with Crippen molar-refractivity contribution >= 4 is 17.7 Å². The van der Waals surface area contributed by atoms with Gasteiger partial charge in [-0.2, -0.15) is 5.21 Å². The molecule has 8 nitrogen and oxygen atoms in total. The maximum absolute atomic E-state index is 12.5. The molecule has 2 heterocycles. The second-order valence-corrected chi connectivity index (χ2v) is 7.74. The van der Waals surface area contributed by atoms with Gasteiger partial charge in [-0.05, 0) is 42.2 Å². The summed E-state index contributed by atoms with van der Waals surface area (Å²) >= 11 is 0. The number of anilines is 1. The van der Waals surface area contributed by atoms with Crippen molar-refractivity contribution in [2.45, 2.75) is 45.1 Å². The fraction of sp³-hybridized carbons (Fsp3) is 0.333. The molecule has 1 amide bonds. The summed E-state index contributed by atoms with van der Waals surface area (Å²) in [4.78, 5) is 12.5. The second kappa shape index (κ2) is 10.6. The number of nitrogens with one attached hydrogen (secondary N) is 2. The molecular formula is C24H27N5O3. The molecule has 0 spiro atoms. The van der Waals surface area contributed by atoms with Gasteiger partial charge in [0.1, 0.15) is 12.7 Å². The minimum Gasteiger partial charge on any atom is -0.486 e. The van der Waals surface area contributed by atoms with Gasteiger partial charge in [-0.25, -0.2) is 0 Å². The zero-order valence-corrected chi connectivity index (χ0v) is 18.1. The molecular weight excluding hydrogens is 406 g/mol. The van der Waals surface area contributed by atoms with Gasteiger partial charge in [0.2, 0.25) is 5.91 Å². The number of hydrogen-bond acceptors (Lipinski definition) is 6. The average molecular weight is 434 g/mol. The standard InChI is InChI=1S/C24H27N5O3/c1-2-3-4-6-17-9-11-18(12-10-17)13-14-23(30)25-20-7-5-8-21-24(20)32-19(16-31-21)15-22-26-28-29-27-22/h5,7-14,19H,2-4,6,15-16H2,1H3,(H,25,30)(H,26,27,28,29). The quantitative estimate of drug-likeness (QED) is 0.391. The Bertz CT molecular complexity index is 1050. The van der Waals surface area contributed by atoms with E-state index in [9.17, 15) is 4.79 Å². The van der Waals surface area contributed by atoms with Crippen LogP contribution in [0.2, 0.25) is 0 Å². The fourth-order valence-electron chi connectivity index (χ4n) is 3.53. The summed E-state index contributed by atoms with van der Waals surface area (Å²) in [5.41, 5.74) is 2.86. The summed E-state index contributed by atoms with van der Waals surface area (Å²) < 4.78 is 11.9. The molecule has 0 aliphatic carbocycles. The van der Waals surface area contributed by atoms with Gasteiger partial charge < -0.3 is 14.8 Å². The van der Waals surface area contributed by atoms with E-state index in [1.165, 1.54) is 30.9 Å². The Morgan fingerprint density at radius 3 is 2.88 bits per heavy atom. The highest BCUT2D eigenvalue weighted by molar-refractivity contribution is 6.03. The maximum Gasteiger partial charge on any atom is 0.248 e. The molecule has 166 valence electrons. The van der Waals surface area contributed by atoms with E-state index in [1.807, 2.05) is 24.3 Å². The molecule has 0 bridgehead atoms. The number of benzene rings is 2. The van der Waals surface area contributed by atoms with Crippen molar-refractivity contribution in [3.63, 3.8) is 0 Å². The molecule has 2 aromatic carbocycles. The molecule has 1 aliphatic rings. The van der Waals surface area contributed by atoms with Crippen LogP contribution < -0.4 is 14.8 Å². The minimum absolute atomic E-state index is 0.241. The molecule has 0 fully saturated rings. The average Bonchev–Trinajstić information content (AvgIpc) is 3.32. The van der Waals surface area contributed by atoms with Crippen LogP contribution in [0, 0.1) is 0 Å². The fourth-order valence-corrected chi connectivity index (χ4v) is 3.53. The number of hydrogen-bond donors (Lipinski definition) is 2. The number of amides is 1. The summed E-state index contributed by atoms with van der Waals surface area (Å²) in [6.07, 6.45) is 8.26. The van der Waals surface area contributed by atoms with Gasteiger partial charge in [-0.1, -0.05) is 55.3 Å². The zero-order valence-electron chi connectivity index (χ0n) is 18.1. The van der Waals surface area contributed by atoms with E-state index in [1.54, 1.807) is 12.1 Å². The predicted octanol–water partition coefficient (Wildman–Crippen LogP) is 3.97. The summed E-state index contributed by atoms with van der Waals surface area (Å²) in [6.45, 7) is 2.57.